The van der Waals surface area contributed by atoms with Gasteiger partial charge in [0.1, 0.15) is 12.3 Å². The first-order valence-corrected chi connectivity index (χ1v) is 11.5. The summed E-state index contributed by atoms with van der Waals surface area (Å²) >= 11 is 0. The van der Waals surface area contributed by atoms with Crippen molar-refractivity contribution in [1.29, 1.82) is 0 Å². The summed E-state index contributed by atoms with van der Waals surface area (Å²) in [4.78, 5) is 29.7. The van der Waals surface area contributed by atoms with Crippen molar-refractivity contribution in [2.75, 3.05) is 13.1 Å². The van der Waals surface area contributed by atoms with Gasteiger partial charge in [-0.25, -0.2) is 0 Å². The topological polar surface area (TPSA) is 53.8 Å². The second-order valence-electron chi connectivity index (χ2n) is 8.40. The number of rotatable bonds is 10. The van der Waals surface area contributed by atoms with Crippen LogP contribution in [0.2, 0.25) is 0 Å². The van der Waals surface area contributed by atoms with Crippen LogP contribution in [0.3, 0.4) is 0 Å². The van der Waals surface area contributed by atoms with Crippen LogP contribution in [0.4, 0.5) is 13.2 Å². The van der Waals surface area contributed by atoms with Crippen molar-refractivity contribution < 1.29 is 27.2 Å². The van der Waals surface area contributed by atoms with Crippen LogP contribution in [0.1, 0.15) is 47.5 Å². The molecule has 8 heteroatoms. The molecule has 1 aromatic heterocycles. The van der Waals surface area contributed by atoms with E-state index in [1.54, 1.807) is 17.0 Å². The molecule has 0 aliphatic rings. The normalized spacial score (nSPS) is 12.3. The number of carbonyl (C=O) groups excluding carboxylic acids is 2. The minimum atomic E-state index is -4.49. The first-order chi connectivity index (χ1) is 16.7. The van der Waals surface area contributed by atoms with Crippen LogP contribution in [0.25, 0.3) is 0 Å². The Morgan fingerprint density at radius 3 is 2.23 bits per heavy atom. The zero-order chi connectivity index (χ0) is 25.4. The van der Waals surface area contributed by atoms with Gasteiger partial charge in [-0.2, -0.15) is 13.2 Å². The Balaban J connectivity index is 1.78. The summed E-state index contributed by atoms with van der Waals surface area (Å²) in [6, 6.07) is 17.1. The van der Waals surface area contributed by atoms with Gasteiger partial charge in [0.15, 0.2) is 0 Å². The van der Waals surface area contributed by atoms with Gasteiger partial charge in [0.25, 0.3) is 5.91 Å². The molecule has 0 aliphatic heterocycles. The highest BCUT2D eigenvalue weighted by Crippen LogP contribution is 2.29. The molecule has 0 fully saturated rings. The smallest absolute Gasteiger partial charge is 0.416 e. The molecule has 0 unspecified atom stereocenters. The number of carbonyl (C=O) groups is 2. The molecule has 35 heavy (non-hydrogen) atoms. The summed E-state index contributed by atoms with van der Waals surface area (Å²) in [6.45, 7) is 4.19. The number of nitrogens with zero attached hydrogens (tertiary/aromatic N) is 2. The fourth-order valence-corrected chi connectivity index (χ4v) is 3.65. The molecule has 0 spiro atoms. The molecule has 5 nitrogen and oxygen atoms in total. The molecule has 3 aromatic rings. The van der Waals surface area contributed by atoms with E-state index in [4.69, 9.17) is 4.42 Å². The van der Waals surface area contributed by atoms with E-state index in [0.717, 1.165) is 29.8 Å². The fraction of sp³-hybridized carbons (Fsp3) is 0.333. The second-order valence-corrected chi connectivity index (χ2v) is 8.40. The molecule has 0 radical (unpaired) electrons. The minimum absolute atomic E-state index is 0.105. The molecular weight excluding hydrogens is 457 g/mol. The van der Waals surface area contributed by atoms with Crippen LogP contribution in [0, 0.1) is 0 Å². The summed E-state index contributed by atoms with van der Waals surface area (Å²) in [5.41, 5.74) is 0.350. The Bertz CT molecular complexity index is 1080. The van der Waals surface area contributed by atoms with Gasteiger partial charge < -0.3 is 14.2 Å². The summed E-state index contributed by atoms with van der Waals surface area (Å²) in [5, 5.41) is 0. The van der Waals surface area contributed by atoms with Gasteiger partial charge >= 0.3 is 6.18 Å². The van der Waals surface area contributed by atoms with Crippen molar-refractivity contribution in [3.63, 3.8) is 0 Å². The maximum Gasteiger partial charge on any atom is 0.416 e. The predicted molar refractivity (Wildman–Crippen MR) is 127 cm³/mol. The van der Waals surface area contributed by atoms with E-state index in [2.05, 4.69) is 0 Å². The third-order valence-corrected chi connectivity index (χ3v) is 5.94. The quantitative estimate of drug-likeness (QED) is 0.363. The lowest BCUT2D eigenvalue weighted by molar-refractivity contribution is -0.137. The summed E-state index contributed by atoms with van der Waals surface area (Å²) in [6.07, 6.45) is -1.74. The molecule has 0 saturated carbocycles. The van der Waals surface area contributed by atoms with Gasteiger partial charge in [-0.3, -0.25) is 9.59 Å². The fourth-order valence-electron chi connectivity index (χ4n) is 3.65. The number of furan rings is 1. The number of hydrogen-bond donors (Lipinski definition) is 0. The summed E-state index contributed by atoms with van der Waals surface area (Å²) in [5.74, 6) is -0.129. The van der Waals surface area contributed by atoms with Gasteiger partial charge in [0.05, 0.1) is 18.4 Å². The first-order valence-electron chi connectivity index (χ1n) is 11.5. The molecule has 0 N–H and O–H groups in total. The molecular formula is C27H29F3N2O3. The zero-order valence-corrected chi connectivity index (χ0v) is 19.8. The maximum absolute atomic E-state index is 13.4. The predicted octanol–water partition coefficient (Wildman–Crippen LogP) is 5.81. The third-order valence-electron chi connectivity index (χ3n) is 5.94. The molecule has 0 aliphatic carbocycles. The highest BCUT2D eigenvalue weighted by atomic mass is 19.4. The number of amides is 2. The van der Waals surface area contributed by atoms with Crippen LogP contribution < -0.4 is 0 Å². The van der Waals surface area contributed by atoms with E-state index in [9.17, 15) is 22.8 Å². The molecule has 2 amide bonds. The lowest BCUT2D eigenvalue weighted by atomic mass is 10.1. The Labute approximate surface area is 203 Å². The van der Waals surface area contributed by atoms with E-state index in [1.807, 2.05) is 44.2 Å². The van der Waals surface area contributed by atoms with Crippen molar-refractivity contribution in [3.05, 3.63) is 95.4 Å². The largest absolute Gasteiger partial charge is 0.467 e. The van der Waals surface area contributed by atoms with Crippen LogP contribution >= 0.6 is 0 Å². The SMILES string of the molecule is CC[C@H](C)N(CC(=O)N(CCc1ccccc1)Cc1ccco1)C(=O)c1ccc(C(F)(F)F)cc1. The Hall–Kier alpha value is -3.55. The number of hydrogen-bond acceptors (Lipinski definition) is 3. The van der Waals surface area contributed by atoms with E-state index < -0.39 is 17.6 Å². The maximum atomic E-state index is 13.4. The average molecular weight is 487 g/mol. The molecule has 2 aromatic carbocycles. The molecule has 1 heterocycles. The average Bonchev–Trinajstić information content (AvgIpc) is 3.37. The lowest BCUT2D eigenvalue weighted by Crippen LogP contribution is -2.46. The van der Waals surface area contributed by atoms with E-state index in [-0.39, 0.29) is 30.6 Å². The lowest BCUT2D eigenvalue weighted by Gasteiger charge is -2.31. The van der Waals surface area contributed by atoms with Gasteiger partial charge in [-0.1, -0.05) is 37.3 Å². The second kappa shape index (κ2) is 11.7. The standard InChI is InChI=1S/C27H29F3N2O3/c1-3-20(2)32(26(34)22-11-13-23(14-12-22)27(28,29)30)19-25(33)31(18-24-10-7-17-35-24)16-15-21-8-5-4-6-9-21/h4-14,17,20H,3,15-16,18-19H2,1-2H3/t20-/m0/s1. The molecule has 0 bridgehead atoms. The van der Waals surface area contributed by atoms with Crippen LogP contribution in [-0.4, -0.2) is 40.7 Å². The summed E-state index contributed by atoms with van der Waals surface area (Å²) < 4.78 is 44.2. The molecule has 0 saturated heterocycles. The van der Waals surface area contributed by atoms with Crippen molar-refractivity contribution in [3.8, 4) is 0 Å². The van der Waals surface area contributed by atoms with E-state index in [1.165, 1.54) is 11.2 Å². The van der Waals surface area contributed by atoms with Crippen LogP contribution in [-0.2, 0) is 23.9 Å². The minimum Gasteiger partial charge on any atom is -0.467 e. The van der Waals surface area contributed by atoms with Gasteiger partial charge in [0.2, 0.25) is 5.91 Å². The molecule has 186 valence electrons. The van der Waals surface area contributed by atoms with Crippen LogP contribution in [0.15, 0.2) is 77.4 Å². The van der Waals surface area contributed by atoms with E-state index in [0.29, 0.717) is 25.1 Å². The number of alkyl halides is 3. The molecule has 3 rings (SSSR count). The Morgan fingerprint density at radius 2 is 1.66 bits per heavy atom. The first kappa shape index (κ1) is 26.1. The number of halogens is 3. The highest BCUT2D eigenvalue weighted by molar-refractivity contribution is 5.96. The van der Waals surface area contributed by atoms with Crippen LogP contribution in [0.5, 0.6) is 0 Å². The van der Waals surface area contributed by atoms with Crippen molar-refractivity contribution in [1.82, 2.24) is 9.80 Å². The van der Waals surface area contributed by atoms with Crippen molar-refractivity contribution >= 4 is 11.8 Å². The third kappa shape index (κ3) is 7.21. The van der Waals surface area contributed by atoms with Gasteiger partial charge in [-0.05, 0) is 61.7 Å². The van der Waals surface area contributed by atoms with E-state index >= 15 is 0 Å². The number of benzene rings is 2. The molecule has 1 atom stereocenters. The Morgan fingerprint density at radius 1 is 0.971 bits per heavy atom. The van der Waals surface area contributed by atoms with Crippen molar-refractivity contribution in [2.45, 2.75) is 45.5 Å². The summed E-state index contributed by atoms with van der Waals surface area (Å²) in [7, 11) is 0. The Kier molecular flexibility index (Phi) is 8.73. The highest BCUT2D eigenvalue weighted by Gasteiger charge is 2.31. The van der Waals surface area contributed by atoms with Crippen molar-refractivity contribution in [2.24, 2.45) is 0 Å². The van der Waals surface area contributed by atoms with Gasteiger partial charge in [-0.15, -0.1) is 0 Å². The zero-order valence-electron chi connectivity index (χ0n) is 19.8. The van der Waals surface area contributed by atoms with Gasteiger partial charge in [0, 0.05) is 18.2 Å². The monoisotopic (exact) mass is 486 g/mol.